The van der Waals surface area contributed by atoms with Gasteiger partial charge in [-0.25, -0.2) is 0 Å². The highest BCUT2D eigenvalue weighted by atomic mass is 16.1. The largest absolute Gasteiger partial charge is 0.331 e. The molecule has 29 heavy (non-hydrogen) atoms. The average Bonchev–Trinajstić information content (AvgIpc) is 2.78. The molecule has 0 bridgehead atoms. The summed E-state index contributed by atoms with van der Waals surface area (Å²) in [5, 5.41) is 3.45. The molecule has 2 fully saturated rings. The summed E-state index contributed by atoms with van der Waals surface area (Å²) in [4.78, 5) is 14.1. The van der Waals surface area contributed by atoms with Crippen LogP contribution in [0.5, 0.6) is 0 Å². The Labute approximate surface area is 184 Å². The van der Waals surface area contributed by atoms with E-state index in [2.05, 4.69) is 10.2 Å². The predicted molar refractivity (Wildman–Crippen MR) is 133 cm³/mol. The van der Waals surface area contributed by atoms with E-state index in [1.807, 2.05) is 62.3 Å². The molecule has 0 atom stereocenters. The minimum Gasteiger partial charge on any atom is -0.331 e. The van der Waals surface area contributed by atoms with Gasteiger partial charge in [0.05, 0.1) is 6.54 Å². The second kappa shape index (κ2) is 25.6. The van der Waals surface area contributed by atoms with E-state index in [9.17, 15) is 4.79 Å². The van der Waals surface area contributed by atoms with Crippen molar-refractivity contribution in [1.29, 1.82) is 0 Å². The summed E-state index contributed by atoms with van der Waals surface area (Å²) in [6.07, 6.45) is 8.20. The lowest BCUT2D eigenvalue weighted by atomic mass is 9.85. The van der Waals surface area contributed by atoms with Gasteiger partial charge < -0.3 is 11.1 Å². The number of hydrogen-bond donors (Lipinski definition) is 2. The minimum atomic E-state index is 0.188. The molecule has 0 aromatic carbocycles. The molecule has 3 N–H and O–H groups in total. The molecule has 2 aliphatic rings. The first-order chi connectivity index (χ1) is 14.1. The van der Waals surface area contributed by atoms with Crippen molar-refractivity contribution in [2.24, 2.45) is 23.5 Å². The molecule has 0 spiro atoms. The normalized spacial score (nSPS) is 17.3. The lowest BCUT2D eigenvalue weighted by molar-refractivity contribution is -0.123. The van der Waals surface area contributed by atoms with Crippen molar-refractivity contribution in [3.8, 4) is 0 Å². The van der Waals surface area contributed by atoms with Crippen LogP contribution in [0.15, 0.2) is 0 Å². The molecule has 4 nitrogen and oxygen atoms in total. The predicted octanol–water partition coefficient (Wildman–Crippen LogP) is 5.75. The Hall–Kier alpha value is -0.450. The number of likely N-dealkylation sites (tertiary alicyclic amines) is 1. The summed E-state index contributed by atoms with van der Waals surface area (Å²) in [5.74, 6) is 2.47. The molecule has 0 aromatic rings. The standard InChI is InChI=1S/C17H32N2O.C2H7N.3C2H6/c1-14(2)17(20)13-19-11-7-16(8-12-19)4-3-15-5-9-18-10-6-15;1-2-3;3*1-2/h14-16,18H,3-13H2,1-2H3;2-3H2,1H3;3*1-2H3. The van der Waals surface area contributed by atoms with Crippen molar-refractivity contribution < 1.29 is 4.79 Å². The van der Waals surface area contributed by atoms with E-state index in [4.69, 9.17) is 5.73 Å². The van der Waals surface area contributed by atoms with Crippen molar-refractivity contribution in [3.05, 3.63) is 0 Å². The van der Waals surface area contributed by atoms with Gasteiger partial charge in [0.1, 0.15) is 5.78 Å². The Morgan fingerprint density at radius 2 is 1.28 bits per heavy atom. The summed E-state index contributed by atoms with van der Waals surface area (Å²) >= 11 is 0. The molecule has 0 aromatic heterocycles. The maximum Gasteiger partial charge on any atom is 0.149 e. The summed E-state index contributed by atoms with van der Waals surface area (Å²) < 4.78 is 0. The van der Waals surface area contributed by atoms with Crippen LogP contribution in [0.2, 0.25) is 0 Å². The zero-order chi connectivity index (χ0) is 23.1. The first-order valence-electron chi connectivity index (χ1n) is 12.7. The number of nitrogens with two attached hydrogens (primary N) is 1. The van der Waals surface area contributed by atoms with Gasteiger partial charge in [-0.1, -0.05) is 75.2 Å². The molecule has 2 aliphatic heterocycles. The van der Waals surface area contributed by atoms with Gasteiger partial charge in [-0.2, -0.15) is 0 Å². The fourth-order valence-corrected chi connectivity index (χ4v) is 3.48. The number of piperidine rings is 2. The topological polar surface area (TPSA) is 58.4 Å². The molecule has 2 saturated heterocycles. The maximum atomic E-state index is 11.8. The van der Waals surface area contributed by atoms with E-state index in [-0.39, 0.29) is 5.92 Å². The highest BCUT2D eigenvalue weighted by Crippen LogP contribution is 2.26. The van der Waals surface area contributed by atoms with E-state index in [1.165, 1.54) is 51.6 Å². The highest BCUT2D eigenvalue weighted by molar-refractivity contribution is 5.82. The van der Waals surface area contributed by atoms with Gasteiger partial charge in [0.2, 0.25) is 0 Å². The van der Waals surface area contributed by atoms with Gasteiger partial charge in [0.15, 0.2) is 0 Å². The molecular weight excluding hydrogens is 358 g/mol. The zero-order valence-corrected chi connectivity index (χ0v) is 21.7. The van der Waals surface area contributed by atoms with Crippen LogP contribution in [0.25, 0.3) is 0 Å². The molecular formula is C25H57N3O. The first-order valence-corrected chi connectivity index (χ1v) is 12.7. The van der Waals surface area contributed by atoms with E-state index < -0.39 is 0 Å². The monoisotopic (exact) mass is 415 g/mol. The van der Waals surface area contributed by atoms with Gasteiger partial charge in [-0.05, 0) is 70.2 Å². The Kier molecular flexibility index (Phi) is 29.3. The number of nitrogens with one attached hydrogen (secondary N) is 1. The number of carbonyl (C=O) groups is 1. The number of nitrogens with zero attached hydrogens (tertiary/aromatic N) is 1. The third-order valence-corrected chi connectivity index (χ3v) is 5.17. The first kappa shape index (κ1) is 33.2. The number of ketones is 1. The van der Waals surface area contributed by atoms with Gasteiger partial charge >= 0.3 is 0 Å². The fraction of sp³-hybridized carbons (Fsp3) is 0.960. The van der Waals surface area contributed by atoms with Gasteiger partial charge in [-0.3, -0.25) is 9.69 Å². The maximum absolute atomic E-state index is 11.8. The van der Waals surface area contributed by atoms with E-state index in [1.54, 1.807) is 0 Å². The van der Waals surface area contributed by atoms with E-state index in [0.717, 1.165) is 31.5 Å². The third kappa shape index (κ3) is 19.3. The van der Waals surface area contributed by atoms with Gasteiger partial charge in [0, 0.05) is 5.92 Å². The molecule has 2 heterocycles. The molecule has 4 heteroatoms. The Balaban J connectivity index is -0.000000656. The molecule has 0 radical (unpaired) electrons. The molecule has 0 saturated carbocycles. The summed E-state index contributed by atoms with van der Waals surface area (Å²) in [6, 6.07) is 0. The number of Topliss-reactive ketones (excluding diaryl/α,β-unsaturated/α-hetero) is 1. The lowest BCUT2D eigenvalue weighted by Crippen LogP contribution is -2.38. The Morgan fingerprint density at radius 3 is 1.66 bits per heavy atom. The fourth-order valence-electron chi connectivity index (χ4n) is 3.48. The van der Waals surface area contributed by atoms with Crippen molar-refractivity contribution in [1.82, 2.24) is 10.2 Å². The summed E-state index contributed by atoms with van der Waals surface area (Å²) in [5.41, 5.74) is 4.85. The van der Waals surface area contributed by atoms with Crippen LogP contribution in [0, 0.1) is 17.8 Å². The number of carbonyl (C=O) groups excluding carboxylic acids is 1. The van der Waals surface area contributed by atoms with Crippen LogP contribution in [-0.4, -0.2) is 50.0 Å². The lowest BCUT2D eigenvalue weighted by Gasteiger charge is -2.33. The minimum absolute atomic E-state index is 0.188. The van der Waals surface area contributed by atoms with Crippen LogP contribution in [0.4, 0.5) is 0 Å². The van der Waals surface area contributed by atoms with E-state index >= 15 is 0 Å². The van der Waals surface area contributed by atoms with Crippen LogP contribution in [0.3, 0.4) is 0 Å². The quantitative estimate of drug-likeness (QED) is 0.580. The molecule has 0 aliphatic carbocycles. The van der Waals surface area contributed by atoms with Gasteiger partial charge in [0.25, 0.3) is 0 Å². The second-order valence-electron chi connectivity index (χ2n) is 7.52. The van der Waals surface area contributed by atoms with E-state index in [0.29, 0.717) is 12.3 Å². The average molecular weight is 416 g/mol. The molecule has 0 amide bonds. The van der Waals surface area contributed by atoms with Gasteiger partial charge in [-0.15, -0.1) is 0 Å². The van der Waals surface area contributed by atoms with Crippen molar-refractivity contribution in [3.63, 3.8) is 0 Å². The summed E-state index contributed by atoms with van der Waals surface area (Å²) in [7, 11) is 0. The van der Waals surface area contributed by atoms with Crippen LogP contribution < -0.4 is 11.1 Å². The van der Waals surface area contributed by atoms with Crippen molar-refractivity contribution in [2.45, 2.75) is 101 Å². The second-order valence-corrected chi connectivity index (χ2v) is 7.52. The van der Waals surface area contributed by atoms with Crippen molar-refractivity contribution >= 4 is 5.78 Å². The number of rotatable bonds is 6. The molecule has 2 rings (SSSR count). The van der Waals surface area contributed by atoms with Crippen LogP contribution in [0.1, 0.15) is 101 Å². The Morgan fingerprint density at radius 1 is 0.897 bits per heavy atom. The van der Waals surface area contributed by atoms with Crippen LogP contribution >= 0.6 is 0 Å². The Bertz CT molecular complexity index is 307. The SMILES string of the molecule is CC.CC.CC.CC(C)C(=O)CN1CCC(CCC2CCNCC2)CC1.CCN. The zero-order valence-electron chi connectivity index (χ0n) is 21.7. The summed E-state index contributed by atoms with van der Waals surface area (Å²) in [6.45, 7) is 24.1. The van der Waals surface area contributed by atoms with Crippen molar-refractivity contribution in [2.75, 3.05) is 39.3 Å². The number of hydrogen-bond acceptors (Lipinski definition) is 4. The molecule has 0 unspecified atom stereocenters. The smallest absolute Gasteiger partial charge is 0.149 e. The molecule has 178 valence electrons. The highest BCUT2D eigenvalue weighted by Gasteiger charge is 2.22. The third-order valence-electron chi connectivity index (χ3n) is 5.17. The van der Waals surface area contributed by atoms with Crippen LogP contribution in [-0.2, 0) is 4.79 Å².